The van der Waals surface area contributed by atoms with Gasteiger partial charge in [0.05, 0.1) is 12.7 Å². The van der Waals surface area contributed by atoms with Crippen LogP contribution >= 0.6 is 15.9 Å². The molecule has 1 saturated heterocycles. The molecule has 1 aliphatic rings. The largest absolute Gasteiger partial charge is 0.414 e. The molecule has 0 saturated carbocycles. The topological polar surface area (TPSA) is 71.7 Å². The van der Waals surface area contributed by atoms with Crippen LogP contribution in [0, 0.1) is 6.92 Å². The maximum absolute atomic E-state index is 13.7. The molecule has 0 unspecified atom stereocenters. The van der Waals surface area contributed by atoms with Crippen molar-refractivity contribution in [2.24, 2.45) is 0 Å². The molecule has 2 rings (SSSR count). The number of alkyl halides is 1. The van der Waals surface area contributed by atoms with Crippen LogP contribution in [-0.4, -0.2) is 49.9 Å². The van der Waals surface area contributed by atoms with Crippen LogP contribution in [0.25, 0.3) is 0 Å². The first kappa shape index (κ1) is 37.7. The highest BCUT2D eigenvalue weighted by Crippen LogP contribution is 2.42. The Kier molecular flexibility index (Phi) is 14.0. The zero-order chi connectivity index (χ0) is 31.9. The maximum atomic E-state index is 13.7. The van der Waals surface area contributed by atoms with Crippen LogP contribution in [0.5, 0.6) is 0 Å². The summed E-state index contributed by atoms with van der Waals surface area (Å²) in [5.74, 6) is 0. The van der Waals surface area contributed by atoms with E-state index in [0.29, 0.717) is 25.1 Å². The van der Waals surface area contributed by atoms with Gasteiger partial charge in [-0.15, -0.1) is 0 Å². The van der Waals surface area contributed by atoms with E-state index in [2.05, 4.69) is 83.7 Å². The number of hydrogen-bond acceptors (Lipinski definition) is 5. The fraction of sp³-hybridized carbons (Fsp3) is 0.875. The molecule has 7 nitrogen and oxygen atoms in total. The zero-order valence-corrected chi connectivity index (χ0v) is 32.2. The van der Waals surface area contributed by atoms with Crippen molar-refractivity contribution in [1.82, 2.24) is 9.13 Å². The molecule has 1 aliphatic heterocycles. The summed E-state index contributed by atoms with van der Waals surface area (Å²) in [7, 11) is -4.11. The van der Waals surface area contributed by atoms with Gasteiger partial charge in [0.15, 0.2) is 16.6 Å². The van der Waals surface area contributed by atoms with Crippen LogP contribution in [0.1, 0.15) is 111 Å². The first-order valence-corrected chi connectivity index (χ1v) is 23.1. The normalized spacial score (nSPS) is 20.4. The van der Waals surface area contributed by atoms with Crippen LogP contribution in [0.15, 0.2) is 15.8 Å². The van der Waals surface area contributed by atoms with Gasteiger partial charge in [-0.3, -0.25) is 13.9 Å². The van der Waals surface area contributed by atoms with Crippen molar-refractivity contribution in [2.75, 3.05) is 11.9 Å². The van der Waals surface area contributed by atoms with Crippen molar-refractivity contribution in [3.8, 4) is 0 Å². The first-order chi connectivity index (χ1) is 19.3. The standard InChI is InChI=1S/C32H61BrN2O5Si2/c1-25-23-35(30(37)34(29(25)36)21-19-17-15-13-12-14-16-18-20-33)28-22-26(40-42(10,11)32(5,6)7)27(39-28)24-38-41(8,9)31(2,3)4/h23,26-28H,12-22,24H2,1-11H3/t26-,27+,28+/m0/s1. The molecule has 1 aromatic heterocycles. The number of hydrogen-bond donors (Lipinski definition) is 0. The minimum Gasteiger partial charge on any atom is -0.414 e. The number of unbranched alkanes of at least 4 members (excludes halogenated alkanes) is 7. The van der Waals surface area contributed by atoms with E-state index in [1.807, 2.05) is 0 Å². The van der Waals surface area contributed by atoms with E-state index >= 15 is 0 Å². The Labute approximate surface area is 266 Å². The van der Waals surface area contributed by atoms with Gasteiger partial charge >= 0.3 is 5.69 Å². The van der Waals surface area contributed by atoms with Gasteiger partial charge in [-0.2, -0.15) is 0 Å². The van der Waals surface area contributed by atoms with Gasteiger partial charge in [0, 0.05) is 30.1 Å². The molecule has 2 heterocycles. The van der Waals surface area contributed by atoms with Gasteiger partial charge in [-0.1, -0.05) is 96.0 Å². The Morgan fingerprint density at radius 1 is 0.881 bits per heavy atom. The highest BCUT2D eigenvalue weighted by molar-refractivity contribution is 9.09. The second-order valence-electron chi connectivity index (χ2n) is 15.3. The Hall–Kier alpha value is -0.526. The second-order valence-corrected chi connectivity index (χ2v) is 25.7. The zero-order valence-electron chi connectivity index (χ0n) is 28.6. The molecule has 3 atom stereocenters. The highest BCUT2D eigenvalue weighted by atomic mass is 79.9. The molecular weight excluding hydrogens is 628 g/mol. The Morgan fingerprint density at radius 2 is 1.40 bits per heavy atom. The van der Waals surface area contributed by atoms with Gasteiger partial charge in [0.2, 0.25) is 0 Å². The quantitative estimate of drug-likeness (QED) is 0.0989. The maximum Gasteiger partial charge on any atom is 0.333 e. The fourth-order valence-corrected chi connectivity index (χ4v) is 7.56. The lowest BCUT2D eigenvalue weighted by atomic mass is 10.1. The summed E-state index contributed by atoms with van der Waals surface area (Å²) in [4.78, 5) is 26.7. The lowest BCUT2D eigenvalue weighted by Crippen LogP contribution is -2.48. The average molecular weight is 690 g/mol. The lowest BCUT2D eigenvalue weighted by molar-refractivity contribution is -0.0417. The summed E-state index contributed by atoms with van der Waals surface area (Å²) < 4.78 is 23.1. The summed E-state index contributed by atoms with van der Waals surface area (Å²) in [5.41, 5.74) is 0.0751. The molecule has 1 aromatic rings. The molecule has 0 radical (unpaired) electrons. The molecule has 10 heteroatoms. The number of nitrogens with zero attached hydrogens (tertiary/aromatic N) is 2. The summed E-state index contributed by atoms with van der Waals surface area (Å²) in [6.45, 7) is 25.1. The van der Waals surface area contributed by atoms with Gasteiger partial charge < -0.3 is 13.6 Å². The number of halogens is 1. The molecule has 0 bridgehead atoms. The molecule has 244 valence electrons. The predicted molar refractivity (Wildman–Crippen MR) is 184 cm³/mol. The lowest BCUT2D eigenvalue weighted by Gasteiger charge is -2.40. The smallest absolute Gasteiger partial charge is 0.333 e. The SMILES string of the molecule is Cc1cn([C@H]2C[C@H](O[Si](C)(C)C(C)(C)C)[C@@H](CO[Si](C)(C)C(C)(C)C)O2)c(=O)n(CCCCCCCCCCBr)c1=O. The second kappa shape index (κ2) is 15.7. The van der Waals surface area contributed by atoms with E-state index in [1.165, 1.54) is 36.7 Å². The van der Waals surface area contributed by atoms with Crippen molar-refractivity contribution in [2.45, 2.75) is 167 Å². The predicted octanol–water partition coefficient (Wildman–Crippen LogP) is 8.53. The molecule has 0 aliphatic carbocycles. The van der Waals surface area contributed by atoms with Crippen molar-refractivity contribution in [1.29, 1.82) is 0 Å². The summed E-state index contributed by atoms with van der Waals surface area (Å²) in [6, 6.07) is 0. The fourth-order valence-electron chi connectivity index (χ4n) is 4.79. The number of aromatic nitrogens is 2. The third kappa shape index (κ3) is 10.3. The molecule has 0 aromatic carbocycles. The Morgan fingerprint density at radius 3 is 1.93 bits per heavy atom. The van der Waals surface area contributed by atoms with Crippen LogP contribution in [0.3, 0.4) is 0 Å². The number of aryl methyl sites for hydroxylation is 1. The third-order valence-corrected chi connectivity index (χ3v) is 19.4. The van der Waals surface area contributed by atoms with E-state index in [1.54, 1.807) is 17.7 Å². The molecule has 0 spiro atoms. The molecule has 0 amide bonds. The molecule has 0 N–H and O–H groups in total. The van der Waals surface area contributed by atoms with Gasteiger partial charge in [-0.05, 0) is 56.0 Å². The van der Waals surface area contributed by atoms with Crippen LogP contribution < -0.4 is 11.2 Å². The van der Waals surface area contributed by atoms with Crippen molar-refractivity contribution in [3.05, 3.63) is 32.6 Å². The average Bonchev–Trinajstić information content (AvgIpc) is 3.26. The van der Waals surface area contributed by atoms with Gasteiger partial charge in [0.25, 0.3) is 5.56 Å². The van der Waals surface area contributed by atoms with E-state index < -0.39 is 22.9 Å². The van der Waals surface area contributed by atoms with E-state index in [9.17, 15) is 9.59 Å². The molecular formula is C32H61BrN2O5Si2. The number of rotatable bonds is 16. The van der Waals surface area contributed by atoms with Crippen molar-refractivity contribution < 1.29 is 13.6 Å². The third-order valence-electron chi connectivity index (χ3n) is 9.79. The Balaban J connectivity index is 2.21. The van der Waals surface area contributed by atoms with Crippen LogP contribution in [0.2, 0.25) is 36.3 Å². The van der Waals surface area contributed by atoms with Crippen LogP contribution in [-0.2, 0) is 20.1 Å². The van der Waals surface area contributed by atoms with Crippen molar-refractivity contribution in [3.63, 3.8) is 0 Å². The summed E-state index contributed by atoms with van der Waals surface area (Å²) in [6.07, 6.45) is 10.5. The first-order valence-electron chi connectivity index (χ1n) is 16.2. The van der Waals surface area contributed by atoms with E-state index in [0.717, 1.165) is 24.6 Å². The monoisotopic (exact) mass is 688 g/mol. The van der Waals surface area contributed by atoms with Gasteiger partial charge in [-0.25, -0.2) is 4.79 Å². The van der Waals surface area contributed by atoms with Crippen molar-refractivity contribution >= 4 is 32.6 Å². The van der Waals surface area contributed by atoms with E-state index in [-0.39, 0.29) is 33.5 Å². The summed E-state index contributed by atoms with van der Waals surface area (Å²) >= 11 is 3.49. The van der Waals surface area contributed by atoms with Crippen LogP contribution in [0.4, 0.5) is 0 Å². The minimum absolute atomic E-state index is 0.0458. The molecule has 1 fully saturated rings. The van der Waals surface area contributed by atoms with E-state index in [4.69, 9.17) is 13.6 Å². The highest BCUT2D eigenvalue weighted by Gasteiger charge is 2.46. The summed E-state index contributed by atoms with van der Waals surface area (Å²) in [5, 5.41) is 1.21. The molecule has 42 heavy (non-hydrogen) atoms. The Bertz CT molecular complexity index is 1100. The van der Waals surface area contributed by atoms with Gasteiger partial charge in [0.1, 0.15) is 12.3 Å². The number of ether oxygens (including phenoxy) is 1. The minimum atomic E-state index is -2.11.